The standard InChI is InChI=1S/C19H27BrFN3O2/c1-3-22-19(23-12-14-5-8-15(20)11-17(14)21)24-16-9-6-13(7-10-16)18(25)26-4-2/h5,8,11,13,16H,3-4,6-7,9-10,12H2,1-2H3,(H2,22,23,24). The third-order valence-electron chi connectivity index (χ3n) is 4.45. The van der Waals surface area contributed by atoms with Crippen molar-refractivity contribution in [1.82, 2.24) is 10.6 Å². The fourth-order valence-corrected chi connectivity index (χ4v) is 3.39. The molecule has 0 atom stereocenters. The number of guanidine groups is 1. The van der Waals surface area contributed by atoms with Crippen LogP contribution < -0.4 is 10.6 Å². The molecule has 0 unspecified atom stereocenters. The number of esters is 1. The Morgan fingerprint density at radius 1 is 1.31 bits per heavy atom. The number of aliphatic imine (C=N–C) groups is 1. The summed E-state index contributed by atoms with van der Waals surface area (Å²) in [5.41, 5.74) is 0.552. The van der Waals surface area contributed by atoms with E-state index in [1.165, 1.54) is 6.07 Å². The van der Waals surface area contributed by atoms with Gasteiger partial charge in [0.1, 0.15) is 5.82 Å². The summed E-state index contributed by atoms with van der Waals surface area (Å²) in [5, 5.41) is 6.61. The maximum absolute atomic E-state index is 13.9. The van der Waals surface area contributed by atoms with Crippen molar-refractivity contribution < 1.29 is 13.9 Å². The van der Waals surface area contributed by atoms with Gasteiger partial charge in [-0.15, -0.1) is 0 Å². The van der Waals surface area contributed by atoms with Crippen LogP contribution in [-0.2, 0) is 16.1 Å². The molecule has 0 heterocycles. The third kappa shape index (κ3) is 6.27. The van der Waals surface area contributed by atoms with Crippen molar-refractivity contribution in [2.24, 2.45) is 10.9 Å². The fourth-order valence-electron chi connectivity index (χ4n) is 3.06. The highest BCUT2D eigenvalue weighted by Crippen LogP contribution is 2.25. The van der Waals surface area contributed by atoms with Gasteiger partial charge in [0.2, 0.25) is 0 Å². The topological polar surface area (TPSA) is 62.7 Å². The largest absolute Gasteiger partial charge is 0.466 e. The van der Waals surface area contributed by atoms with Crippen molar-refractivity contribution in [3.8, 4) is 0 Å². The van der Waals surface area contributed by atoms with Gasteiger partial charge in [-0.1, -0.05) is 22.0 Å². The molecule has 0 aromatic heterocycles. The van der Waals surface area contributed by atoms with Crippen LogP contribution in [0, 0.1) is 11.7 Å². The molecule has 26 heavy (non-hydrogen) atoms. The van der Waals surface area contributed by atoms with E-state index in [4.69, 9.17) is 4.74 Å². The normalized spacial score (nSPS) is 20.5. The molecule has 1 aromatic rings. The molecule has 1 saturated carbocycles. The molecule has 0 bridgehead atoms. The molecule has 0 spiro atoms. The van der Waals surface area contributed by atoms with Crippen LogP contribution in [-0.4, -0.2) is 31.1 Å². The van der Waals surface area contributed by atoms with Crippen molar-refractivity contribution in [2.75, 3.05) is 13.2 Å². The van der Waals surface area contributed by atoms with E-state index in [-0.39, 0.29) is 30.3 Å². The second kappa shape index (κ2) is 10.5. The van der Waals surface area contributed by atoms with Gasteiger partial charge < -0.3 is 15.4 Å². The number of carbonyl (C=O) groups is 1. The Bertz CT molecular complexity index is 631. The molecule has 0 amide bonds. The van der Waals surface area contributed by atoms with Crippen LogP contribution in [0.1, 0.15) is 45.1 Å². The quantitative estimate of drug-likeness (QED) is 0.412. The van der Waals surface area contributed by atoms with Gasteiger partial charge in [0.15, 0.2) is 5.96 Å². The average molecular weight is 428 g/mol. The van der Waals surface area contributed by atoms with Crippen LogP contribution in [0.2, 0.25) is 0 Å². The predicted molar refractivity (Wildman–Crippen MR) is 104 cm³/mol. The lowest BCUT2D eigenvalue weighted by atomic mass is 9.86. The predicted octanol–water partition coefficient (Wildman–Crippen LogP) is 3.77. The van der Waals surface area contributed by atoms with Crippen molar-refractivity contribution in [1.29, 1.82) is 0 Å². The maximum atomic E-state index is 13.9. The third-order valence-corrected chi connectivity index (χ3v) is 4.95. The van der Waals surface area contributed by atoms with Crippen LogP contribution >= 0.6 is 15.9 Å². The van der Waals surface area contributed by atoms with E-state index in [0.717, 1.165) is 32.2 Å². The van der Waals surface area contributed by atoms with Gasteiger partial charge in [-0.2, -0.15) is 0 Å². The van der Waals surface area contributed by atoms with E-state index in [2.05, 4.69) is 31.6 Å². The van der Waals surface area contributed by atoms with Gasteiger partial charge in [0.25, 0.3) is 0 Å². The Hall–Kier alpha value is -1.63. The number of ether oxygens (including phenoxy) is 1. The van der Waals surface area contributed by atoms with E-state index in [0.29, 0.717) is 22.6 Å². The molecule has 2 N–H and O–H groups in total. The number of benzene rings is 1. The molecule has 0 radical (unpaired) electrons. The molecule has 0 saturated heterocycles. The molecule has 144 valence electrons. The highest BCUT2D eigenvalue weighted by atomic mass is 79.9. The molecule has 1 fully saturated rings. The number of nitrogens with zero attached hydrogens (tertiary/aromatic N) is 1. The van der Waals surface area contributed by atoms with E-state index < -0.39 is 0 Å². The minimum absolute atomic E-state index is 0.00406. The first-order valence-corrected chi connectivity index (χ1v) is 9.98. The zero-order valence-corrected chi connectivity index (χ0v) is 16.9. The Kier molecular flexibility index (Phi) is 8.35. The van der Waals surface area contributed by atoms with Gasteiger partial charge in [-0.3, -0.25) is 4.79 Å². The first kappa shape index (κ1) is 20.7. The minimum Gasteiger partial charge on any atom is -0.466 e. The Morgan fingerprint density at radius 2 is 2.04 bits per heavy atom. The monoisotopic (exact) mass is 427 g/mol. The minimum atomic E-state index is -0.270. The summed E-state index contributed by atoms with van der Waals surface area (Å²) in [6, 6.07) is 5.25. The van der Waals surface area contributed by atoms with E-state index >= 15 is 0 Å². The Balaban J connectivity index is 1.90. The molecule has 1 aliphatic carbocycles. The lowest BCUT2D eigenvalue weighted by Crippen LogP contribution is -2.45. The van der Waals surface area contributed by atoms with Crippen LogP contribution in [0.5, 0.6) is 0 Å². The Morgan fingerprint density at radius 3 is 2.65 bits per heavy atom. The average Bonchev–Trinajstić information content (AvgIpc) is 2.62. The second-order valence-electron chi connectivity index (χ2n) is 6.38. The molecule has 2 rings (SSSR count). The number of halogens is 2. The summed E-state index contributed by atoms with van der Waals surface area (Å²) in [7, 11) is 0. The number of nitrogens with one attached hydrogen (secondary N) is 2. The smallest absolute Gasteiger partial charge is 0.308 e. The maximum Gasteiger partial charge on any atom is 0.308 e. The summed E-state index contributed by atoms with van der Waals surface area (Å²) in [6.45, 7) is 5.26. The fraction of sp³-hybridized carbons (Fsp3) is 0.579. The van der Waals surface area contributed by atoms with Crippen molar-refractivity contribution in [3.05, 3.63) is 34.1 Å². The van der Waals surface area contributed by atoms with Crippen molar-refractivity contribution in [2.45, 2.75) is 52.1 Å². The van der Waals surface area contributed by atoms with Crippen LogP contribution in [0.4, 0.5) is 4.39 Å². The van der Waals surface area contributed by atoms with Crippen LogP contribution in [0.15, 0.2) is 27.7 Å². The summed E-state index contributed by atoms with van der Waals surface area (Å²) >= 11 is 3.26. The number of hydrogen-bond donors (Lipinski definition) is 2. The van der Waals surface area contributed by atoms with Gasteiger partial charge in [-0.25, -0.2) is 9.38 Å². The number of carbonyl (C=O) groups excluding carboxylic acids is 1. The van der Waals surface area contributed by atoms with Gasteiger partial charge in [0.05, 0.1) is 19.1 Å². The summed E-state index contributed by atoms with van der Waals surface area (Å²) < 4.78 is 19.8. The van der Waals surface area contributed by atoms with Gasteiger partial charge in [0, 0.05) is 22.6 Å². The zero-order chi connectivity index (χ0) is 18.9. The molecule has 7 heteroatoms. The van der Waals surface area contributed by atoms with E-state index in [9.17, 15) is 9.18 Å². The summed E-state index contributed by atoms with van der Waals surface area (Å²) in [6.07, 6.45) is 3.41. The highest BCUT2D eigenvalue weighted by molar-refractivity contribution is 9.10. The molecular formula is C19H27BrFN3O2. The van der Waals surface area contributed by atoms with Crippen molar-refractivity contribution >= 4 is 27.9 Å². The lowest BCUT2D eigenvalue weighted by Gasteiger charge is -2.29. The summed E-state index contributed by atoms with van der Waals surface area (Å²) in [5.74, 6) is 0.324. The van der Waals surface area contributed by atoms with Crippen molar-refractivity contribution in [3.63, 3.8) is 0 Å². The number of hydrogen-bond acceptors (Lipinski definition) is 3. The second-order valence-corrected chi connectivity index (χ2v) is 7.29. The molecule has 1 aromatic carbocycles. The first-order chi connectivity index (χ1) is 12.5. The molecule has 5 nitrogen and oxygen atoms in total. The molecule has 1 aliphatic rings. The lowest BCUT2D eigenvalue weighted by molar-refractivity contribution is -0.149. The zero-order valence-electron chi connectivity index (χ0n) is 15.4. The first-order valence-electron chi connectivity index (χ1n) is 9.18. The Labute approximate surface area is 162 Å². The van der Waals surface area contributed by atoms with Crippen LogP contribution in [0.25, 0.3) is 0 Å². The van der Waals surface area contributed by atoms with Gasteiger partial charge in [-0.05, 0) is 51.7 Å². The molecule has 0 aliphatic heterocycles. The highest BCUT2D eigenvalue weighted by Gasteiger charge is 2.27. The molecular weight excluding hydrogens is 401 g/mol. The van der Waals surface area contributed by atoms with E-state index in [1.54, 1.807) is 6.07 Å². The summed E-state index contributed by atoms with van der Waals surface area (Å²) in [4.78, 5) is 16.3. The van der Waals surface area contributed by atoms with Crippen LogP contribution in [0.3, 0.4) is 0 Å². The van der Waals surface area contributed by atoms with Gasteiger partial charge >= 0.3 is 5.97 Å². The number of rotatable bonds is 6. The van der Waals surface area contributed by atoms with E-state index in [1.807, 2.05) is 19.9 Å². The SMILES string of the molecule is CCNC(=NCc1ccc(Br)cc1F)NC1CCC(C(=O)OCC)CC1.